The topological polar surface area (TPSA) is 163 Å². The number of anilines is 2. The summed E-state index contributed by atoms with van der Waals surface area (Å²) in [6.07, 6.45) is 7.49. The van der Waals surface area contributed by atoms with Crippen molar-refractivity contribution < 1.29 is 38.4 Å². The van der Waals surface area contributed by atoms with Crippen LogP contribution in [0, 0.1) is 37.3 Å². The zero-order valence-electron chi connectivity index (χ0n) is 27.7. The first-order chi connectivity index (χ1) is 23.0. The van der Waals surface area contributed by atoms with E-state index in [0.717, 1.165) is 75.9 Å². The predicted molar refractivity (Wildman–Crippen MR) is 176 cm³/mol. The molecule has 12 nitrogen and oxygen atoms in total. The molecule has 2 heterocycles. The van der Waals surface area contributed by atoms with Gasteiger partial charge in [0.1, 0.15) is 0 Å². The van der Waals surface area contributed by atoms with Gasteiger partial charge in [-0.25, -0.2) is 29.3 Å². The molecule has 14 heteroatoms. The minimum absolute atomic E-state index is 0.0450. The second kappa shape index (κ2) is 19.5. The standard InChI is InChI=1S/C18H27N3O3.C16H21F2N3O3/c1-13-6-7-16(12-14(13)2)19-18(23)21-10-8-15(9-11-21)4-3-5-17(22)20-24;17-13-5-4-12(10-14(13)18)19-16(23)21-8-6-11(7-9-21)2-1-3-15(22)20-24/h6-7,12,15,24H,3-5,8-11H2,1-2H3,(H,19,23)(H,20,22);4-5,10-11,24H,1-3,6-9H2,(H,19,23)(H,20,22). The van der Waals surface area contributed by atoms with Crippen molar-refractivity contribution in [1.29, 1.82) is 0 Å². The summed E-state index contributed by atoms with van der Waals surface area (Å²) in [4.78, 5) is 49.9. The van der Waals surface area contributed by atoms with Crippen LogP contribution < -0.4 is 21.6 Å². The summed E-state index contributed by atoms with van der Waals surface area (Å²) in [5.74, 6) is -1.70. The molecule has 2 aliphatic heterocycles. The van der Waals surface area contributed by atoms with Gasteiger partial charge in [-0.15, -0.1) is 0 Å². The molecule has 0 unspecified atom stereocenters. The molecule has 0 aliphatic carbocycles. The zero-order valence-corrected chi connectivity index (χ0v) is 27.7. The fraction of sp³-hybridized carbons (Fsp3) is 0.529. The van der Waals surface area contributed by atoms with E-state index in [2.05, 4.69) is 17.6 Å². The number of carbonyl (C=O) groups is 4. The summed E-state index contributed by atoms with van der Waals surface area (Å²) >= 11 is 0. The number of urea groups is 2. The number of halogens is 2. The zero-order chi connectivity index (χ0) is 35.1. The highest BCUT2D eigenvalue weighted by Gasteiger charge is 2.24. The van der Waals surface area contributed by atoms with E-state index in [0.29, 0.717) is 37.8 Å². The third-order valence-electron chi connectivity index (χ3n) is 9.01. The lowest BCUT2D eigenvalue weighted by Gasteiger charge is -2.32. The van der Waals surface area contributed by atoms with Crippen molar-refractivity contribution in [3.63, 3.8) is 0 Å². The van der Waals surface area contributed by atoms with Crippen LogP contribution in [0.2, 0.25) is 0 Å². The Kier molecular flexibility index (Phi) is 15.5. The number of hydrogen-bond acceptors (Lipinski definition) is 6. The first kappa shape index (κ1) is 38.2. The number of likely N-dealkylation sites (tertiary alicyclic amines) is 2. The molecule has 2 saturated heterocycles. The number of piperidine rings is 2. The Morgan fingerprint density at radius 1 is 0.667 bits per heavy atom. The van der Waals surface area contributed by atoms with Crippen molar-refractivity contribution >= 4 is 35.3 Å². The molecule has 6 amide bonds. The second-order valence-corrected chi connectivity index (χ2v) is 12.5. The van der Waals surface area contributed by atoms with Gasteiger partial charge in [0.05, 0.1) is 0 Å². The molecule has 6 N–H and O–H groups in total. The lowest BCUT2D eigenvalue weighted by atomic mass is 9.91. The van der Waals surface area contributed by atoms with Crippen LogP contribution in [0.4, 0.5) is 29.7 Å². The molecule has 4 rings (SSSR count). The number of hydrogen-bond donors (Lipinski definition) is 6. The summed E-state index contributed by atoms with van der Waals surface area (Å²) < 4.78 is 26.0. The Labute approximate surface area is 280 Å². The maximum absolute atomic E-state index is 13.1. The molecule has 2 aromatic rings. The lowest BCUT2D eigenvalue weighted by molar-refractivity contribution is -0.130. The van der Waals surface area contributed by atoms with Crippen molar-refractivity contribution in [2.75, 3.05) is 36.8 Å². The third-order valence-corrected chi connectivity index (χ3v) is 9.01. The van der Waals surface area contributed by atoms with Crippen LogP contribution in [0.15, 0.2) is 36.4 Å². The van der Waals surface area contributed by atoms with Crippen molar-refractivity contribution in [1.82, 2.24) is 20.8 Å². The van der Waals surface area contributed by atoms with Crippen LogP contribution in [0.25, 0.3) is 0 Å². The van der Waals surface area contributed by atoms with E-state index < -0.39 is 17.5 Å². The van der Waals surface area contributed by atoms with Gasteiger partial charge in [0, 0.05) is 56.5 Å². The fourth-order valence-electron chi connectivity index (χ4n) is 5.86. The van der Waals surface area contributed by atoms with Gasteiger partial charge in [0.2, 0.25) is 11.8 Å². The molecule has 0 radical (unpaired) electrons. The molecule has 2 aromatic carbocycles. The molecule has 0 saturated carbocycles. The van der Waals surface area contributed by atoms with Gasteiger partial charge in [-0.1, -0.05) is 6.07 Å². The van der Waals surface area contributed by atoms with Crippen molar-refractivity contribution in [2.24, 2.45) is 11.8 Å². The minimum atomic E-state index is -1.00. The number of rotatable bonds is 10. The average Bonchev–Trinajstić information content (AvgIpc) is 3.08. The largest absolute Gasteiger partial charge is 0.325 e. The highest BCUT2D eigenvalue weighted by Crippen LogP contribution is 2.25. The molecule has 0 bridgehead atoms. The van der Waals surface area contributed by atoms with Crippen molar-refractivity contribution in [3.8, 4) is 0 Å². The highest BCUT2D eigenvalue weighted by atomic mass is 19.2. The smallest absolute Gasteiger partial charge is 0.321 e. The Hall–Kier alpha value is -4.30. The molecular weight excluding hydrogens is 626 g/mol. The number of benzene rings is 2. The van der Waals surface area contributed by atoms with Crippen molar-refractivity contribution in [2.45, 2.75) is 78.1 Å². The average molecular weight is 675 g/mol. The van der Waals surface area contributed by atoms with Gasteiger partial charge in [-0.05, 0) is 112 Å². The van der Waals surface area contributed by atoms with Gasteiger partial charge in [-0.2, -0.15) is 0 Å². The number of aryl methyl sites for hydroxylation is 2. The van der Waals surface area contributed by atoms with E-state index in [1.54, 1.807) is 15.9 Å². The molecule has 0 spiro atoms. The van der Waals surface area contributed by atoms with Gasteiger partial charge in [-0.3, -0.25) is 20.0 Å². The normalized spacial score (nSPS) is 15.2. The predicted octanol–water partition coefficient (Wildman–Crippen LogP) is 6.11. The molecule has 2 aliphatic rings. The lowest BCUT2D eigenvalue weighted by Crippen LogP contribution is -2.41. The Morgan fingerprint density at radius 2 is 1.10 bits per heavy atom. The SMILES string of the molecule is Cc1ccc(NC(=O)N2CCC(CCCC(=O)NO)CC2)cc1C.O=C(CCCC1CCN(C(=O)Nc2ccc(F)c(F)c2)CC1)NO. The van der Waals surface area contributed by atoms with Crippen LogP contribution in [0.3, 0.4) is 0 Å². The minimum Gasteiger partial charge on any atom is -0.325 e. The van der Waals surface area contributed by atoms with E-state index >= 15 is 0 Å². The number of amides is 6. The Balaban J connectivity index is 0.000000260. The molecule has 48 heavy (non-hydrogen) atoms. The first-order valence-corrected chi connectivity index (χ1v) is 16.5. The van der Waals surface area contributed by atoms with Gasteiger partial charge < -0.3 is 20.4 Å². The number of nitrogens with zero attached hydrogens (tertiary/aromatic N) is 2. The molecular formula is C34H48F2N6O6. The van der Waals surface area contributed by atoms with Gasteiger partial charge in [0.25, 0.3) is 0 Å². The van der Waals surface area contributed by atoms with E-state index in [9.17, 15) is 28.0 Å². The first-order valence-electron chi connectivity index (χ1n) is 16.5. The van der Waals surface area contributed by atoms with Crippen LogP contribution in [0.1, 0.15) is 75.3 Å². The fourth-order valence-corrected chi connectivity index (χ4v) is 5.86. The number of nitrogens with one attached hydrogen (secondary N) is 4. The van der Waals surface area contributed by atoms with E-state index in [-0.39, 0.29) is 30.1 Å². The maximum Gasteiger partial charge on any atom is 0.321 e. The summed E-state index contributed by atoms with van der Waals surface area (Å²) in [7, 11) is 0. The summed E-state index contributed by atoms with van der Waals surface area (Å²) in [6.45, 7) is 6.73. The molecule has 0 aromatic heterocycles. The van der Waals surface area contributed by atoms with E-state index in [4.69, 9.17) is 10.4 Å². The van der Waals surface area contributed by atoms with Gasteiger partial charge >= 0.3 is 12.1 Å². The summed E-state index contributed by atoms with van der Waals surface area (Å²) in [6, 6.07) is 8.79. The molecule has 264 valence electrons. The third kappa shape index (κ3) is 12.7. The molecule has 0 atom stereocenters. The van der Waals surface area contributed by atoms with Crippen molar-refractivity contribution in [3.05, 3.63) is 59.2 Å². The highest BCUT2D eigenvalue weighted by molar-refractivity contribution is 5.90. The van der Waals surface area contributed by atoms with Gasteiger partial charge in [0.15, 0.2) is 11.6 Å². The maximum atomic E-state index is 13.1. The number of carbonyl (C=O) groups excluding carboxylic acids is 4. The Morgan fingerprint density at radius 3 is 1.52 bits per heavy atom. The summed E-state index contributed by atoms with van der Waals surface area (Å²) in [5.41, 5.74) is 6.69. The van der Waals surface area contributed by atoms with Crippen LogP contribution >= 0.6 is 0 Å². The van der Waals surface area contributed by atoms with Crippen LogP contribution in [0.5, 0.6) is 0 Å². The Bertz CT molecular complexity index is 1280. The summed E-state index contributed by atoms with van der Waals surface area (Å²) in [5, 5.41) is 22.4. The monoisotopic (exact) mass is 674 g/mol. The van der Waals surface area contributed by atoms with E-state index in [1.165, 1.54) is 17.2 Å². The van der Waals surface area contributed by atoms with Crippen LogP contribution in [-0.4, -0.2) is 70.3 Å². The molecule has 2 fully saturated rings. The number of hydroxylamine groups is 2. The van der Waals surface area contributed by atoms with Crippen LogP contribution in [-0.2, 0) is 9.59 Å². The quantitative estimate of drug-likeness (QED) is 0.132. The van der Waals surface area contributed by atoms with E-state index in [1.807, 2.05) is 30.0 Å². The second-order valence-electron chi connectivity index (χ2n) is 12.5.